The van der Waals surface area contributed by atoms with Crippen molar-refractivity contribution in [2.24, 2.45) is 11.8 Å². The highest BCUT2D eigenvalue weighted by molar-refractivity contribution is 5.78. The molecule has 0 aromatic carbocycles. The Hall–Kier alpha value is -0.570. The highest BCUT2D eigenvalue weighted by Crippen LogP contribution is 2.45. The van der Waals surface area contributed by atoms with Gasteiger partial charge in [0, 0.05) is 6.04 Å². The highest BCUT2D eigenvalue weighted by atomic mass is 16.6. The second-order valence-corrected chi connectivity index (χ2v) is 5.70. The molecule has 1 saturated carbocycles. The van der Waals surface area contributed by atoms with Crippen molar-refractivity contribution in [3.8, 4) is 0 Å². The maximum atomic E-state index is 11.8. The van der Waals surface area contributed by atoms with Crippen LogP contribution in [-0.4, -0.2) is 24.2 Å². The molecule has 3 nitrogen and oxygen atoms in total. The molecule has 2 rings (SSSR count). The maximum absolute atomic E-state index is 11.8. The van der Waals surface area contributed by atoms with E-state index in [-0.39, 0.29) is 17.5 Å². The van der Waals surface area contributed by atoms with E-state index in [0.29, 0.717) is 12.0 Å². The van der Waals surface area contributed by atoms with Crippen LogP contribution in [0.15, 0.2) is 0 Å². The molecule has 3 heteroatoms. The summed E-state index contributed by atoms with van der Waals surface area (Å²) < 4.78 is 5.42. The van der Waals surface area contributed by atoms with Crippen LogP contribution in [-0.2, 0) is 9.53 Å². The van der Waals surface area contributed by atoms with Crippen molar-refractivity contribution < 1.29 is 9.53 Å². The molecule has 0 unspecified atom stereocenters. The van der Waals surface area contributed by atoms with Crippen molar-refractivity contribution in [1.29, 1.82) is 0 Å². The van der Waals surface area contributed by atoms with Crippen molar-refractivity contribution in [3.63, 3.8) is 0 Å². The summed E-state index contributed by atoms with van der Waals surface area (Å²) in [5.41, 5.74) is -0.348. The van der Waals surface area contributed by atoms with E-state index in [1.54, 1.807) is 0 Å². The third-order valence-electron chi connectivity index (χ3n) is 3.19. The van der Waals surface area contributed by atoms with Gasteiger partial charge in [-0.25, -0.2) is 0 Å². The molecule has 1 saturated heterocycles. The molecule has 0 aromatic heterocycles. The first-order chi connectivity index (χ1) is 6.99. The number of nitrogens with one attached hydrogen (secondary N) is 1. The Balaban J connectivity index is 1.89. The molecule has 2 fully saturated rings. The van der Waals surface area contributed by atoms with E-state index >= 15 is 0 Å². The number of esters is 1. The largest absolute Gasteiger partial charge is 0.460 e. The fourth-order valence-corrected chi connectivity index (χ4v) is 2.48. The predicted octanol–water partition coefficient (Wildman–Crippen LogP) is 1.72. The zero-order valence-electron chi connectivity index (χ0n) is 9.88. The SMILES string of the molecule is CC(C)(C)OC(=O)[C@@H]1[C@H]2CCCCN[C@H]21. The Labute approximate surface area is 91.6 Å². The maximum Gasteiger partial charge on any atom is 0.311 e. The molecule has 2 aliphatic rings. The van der Waals surface area contributed by atoms with E-state index in [0.717, 1.165) is 6.54 Å². The van der Waals surface area contributed by atoms with Gasteiger partial charge in [-0.2, -0.15) is 0 Å². The van der Waals surface area contributed by atoms with Crippen LogP contribution < -0.4 is 5.32 Å². The van der Waals surface area contributed by atoms with Crippen molar-refractivity contribution in [2.45, 2.75) is 51.7 Å². The quantitative estimate of drug-likeness (QED) is 0.671. The van der Waals surface area contributed by atoms with Gasteiger partial charge in [0.2, 0.25) is 0 Å². The molecule has 0 bridgehead atoms. The molecule has 0 aromatic rings. The first-order valence-electron chi connectivity index (χ1n) is 5.95. The number of hydrogen-bond acceptors (Lipinski definition) is 3. The summed E-state index contributed by atoms with van der Waals surface area (Å²) in [4.78, 5) is 11.8. The minimum absolute atomic E-state index is 0.00750. The van der Waals surface area contributed by atoms with Crippen molar-refractivity contribution in [3.05, 3.63) is 0 Å². The Bertz CT molecular complexity index is 245. The van der Waals surface area contributed by atoms with Crippen LogP contribution >= 0.6 is 0 Å². The van der Waals surface area contributed by atoms with Gasteiger partial charge in [0.05, 0.1) is 5.92 Å². The topological polar surface area (TPSA) is 38.3 Å². The Morgan fingerprint density at radius 1 is 1.33 bits per heavy atom. The van der Waals surface area contributed by atoms with Gasteiger partial charge in [-0.1, -0.05) is 6.42 Å². The summed E-state index contributed by atoms with van der Waals surface area (Å²) in [6.45, 7) is 6.84. The first-order valence-corrected chi connectivity index (χ1v) is 5.95. The standard InChI is InChI=1S/C12H21NO2/c1-12(2,3)15-11(14)9-8-6-4-5-7-13-10(8)9/h8-10,13H,4-7H2,1-3H3/t8-,9-,10-/m1/s1. The number of fused-ring (bicyclic) bond motifs is 1. The van der Waals surface area contributed by atoms with Gasteiger partial charge < -0.3 is 10.1 Å². The highest BCUT2D eigenvalue weighted by Gasteiger charge is 2.55. The van der Waals surface area contributed by atoms with E-state index in [1.807, 2.05) is 20.8 Å². The van der Waals surface area contributed by atoms with Crippen LogP contribution in [0.3, 0.4) is 0 Å². The summed E-state index contributed by atoms with van der Waals surface area (Å²) in [5.74, 6) is 0.666. The molecule has 0 radical (unpaired) electrons. The smallest absolute Gasteiger partial charge is 0.311 e. The lowest BCUT2D eigenvalue weighted by atomic mass is 10.1. The van der Waals surface area contributed by atoms with E-state index < -0.39 is 0 Å². The fourth-order valence-electron chi connectivity index (χ4n) is 2.48. The Morgan fingerprint density at radius 3 is 2.73 bits per heavy atom. The number of ether oxygens (including phenoxy) is 1. The molecule has 1 aliphatic carbocycles. The van der Waals surface area contributed by atoms with Gasteiger partial charge in [-0.15, -0.1) is 0 Å². The summed E-state index contributed by atoms with van der Waals surface area (Å²) >= 11 is 0. The summed E-state index contributed by atoms with van der Waals surface area (Å²) in [5, 5.41) is 3.43. The molecular weight excluding hydrogens is 190 g/mol. The van der Waals surface area contributed by atoms with Crippen LogP contribution in [0.1, 0.15) is 40.0 Å². The Kier molecular flexibility index (Phi) is 2.75. The van der Waals surface area contributed by atoms with Gasteiger partial charge in [0.25, 0.3) is 0 Å². The van der Waals surface area contributed by atoms with Gasteiger partial charge in [0.1, 0.15) is 5.60 Å². The molecular formula is C12H21NO2. The van der Waals surface area contributed by atoms with E-state index in [2.05, 4.69) is 5.32 Å². The number of hydrogen-bond donors (Lipinski definition) is 1. The Morgan fingerprint density at radius 2 is 2.07 bits per heavy atom. The van der Waals surface area contributed by atoms with E-state index in [1.165, 1.54) is 19.3 Å². The average Bonchev–Trinajstić information content (AvgIpc) is 2.72. The van der Waals surface area contributed by atoms with Crippen LogP contribution in [0, 0.1) is 11.8 Å². The first kappa shape index (κ1) is 10.9. The minimum atomic E-state index is -0.348. The van der Waals surface area contributed by atoms with E-state index in [9.17, 15) is 4.79 Å². The second-order valence-electron chi connectivity index (χ2n) is 5.70. The lowest BCUT2D eigenvalue weighted by molar-refractivity contribution is -0.157. The predicted molar refractivity (Wildman–Crippen MR) is 58.5 cm³/mol. The van der Waals surface area contributed by atoms with Crippen LogP contribution in [0.4, 0.5) is 0 Å². The van der Waals surface area contributed by atoms with Gasteiger partial charge in [0.15, 0.2) is 0 Å². The molecule has 86 valence electrons. The molecule has 1 heterocycles. The summed E-state index contributed by atoms with van der Waals surface area (Å²) in [6.07, 6.45) is 3.67. The minimum Gasteiger partial charge on any atom is -0.460 e. The summed E-state index contributed by atoms with van der Waals surface area (Å²) in [7, 11) is 0. The van der Waals surface area contributed by atoms with Crippen molar-refractivity contribution in [2.75, 3.05) is 6.54 Å². The van der Waals surface area contributed by atoms with Crippen molar-refractivity contribution >= 4 is 5.97 Å². The zero-order chi connectivity index (χ0) is 11.1. The molecule has 15 heavy (non-hydrogen) atoms. The average molecular weight is 211 g/mol. The summed E-state index contributed by atoms with van der Waals surface area (Å²) in [6, 6.07) is 0.405. The van der Waals surface area contributed by atoms with Crippen LogP contribution in [0.2, 0.25) is 0 Å². The number of carbonyl (C=O) groups is 1. The fraction of sp³-hybridized carbons (Fsp3) is 0.917. The second kappa shape index (κ2) is 3.78. The van der Waals surface area contributed by atoms with Crippen LogP contribution in [0.5, 0.6) is 0 Å². The van der Waals surface area contributed by atoms with Crippen molar-refractivity contribution in [1.82, 2.24) is 5.32 Å². The number of carbonyl (C=O) groups excluding carboxylic acids is 1. The molecule has 1 N–H and O–H groups in total. The number of rotatable bonds is 1. The third kappa shape index (κ3) is 2.51. The van der Waals surface area contributed by atoms with Crippen LogP contribution in [0.25, 0.3) is 0 Å². The monoisotopic (exact) mass is 211 g/mol. The zero-order valence-corrected chi connectivity index (χ0v) is 9.88. The molecule has 3 atom stereocenters. The molecule has 0 amide bonds. The van der Waals surface area contributed by atoms with E-state index in [4.69, 9.17) is 4.74 Å². The normalized spacial score (nSPS) is 35.3. The molecule has 1 aliphatic heterocycles. The third-order valence-corrected chi connectivity index (χ3v) is 3.19. The lowest BCUT2D eigenvalue weighted by Crippen LogP contribution is -2.28. The van der Waals surface area contributed by atoms with Gasteiger partial charge >= 0.3 is 5.97 Å². The van der Waals surface area contributed by atoms with Gasteiger partial charge in [-0.05, 0) is 46.1 Å². The lowest BCUT2D eigenvalue weighted by Gasteiger charge is -2.19. The molecule has 0 spiro atoms. The van der Waals surface area contributed by atoms with Gasteiger partial charge in [-0.3, -0.25) is 4.79 Å².